The highest BCUT2D eigenvalue weighted by Crippen LogP contribution is 1.68. The number of rotatable bonds is 2. The smallest absolute Gasteiger partial charge is 0.219 e. The first-order chi connectivity index (χ1) is 4.72. The minimum Gasteiger partial charge on any atom is -0.359 e. The summed E-state index contributed by atoms with van der Waals surface area (Å²) in [7, 11) is 1.63. The average Bonchev–Trinajstić information content (AvgIpc) is 2.03. The van der Waals surface area contributed by atoms with Crippen LogP contribution in [0.3, 0.4) is 0 Å². The maximum atomic E-state index is 10.1. The first-order valence-corrected chi connectivity index (χ1v) is 3.37. The highest BCUT2D eigenvalue weighted by molar-refractivity contribution is 5.74. The first kappa shape index (κ1) is 11.9. The van der Waals surface area contributed by atoms with E-state index in [1.807, 2.05) is 13.8 Å². The summed E-state index contributed by atoms with van der Waals surface area (Å²) in [4.78, 5) is 19.2. The Labute approximate surface area is 61.8 Å². The second kappa shape index (κ2) is 11.0. The molecule has 0 saturated heterocycles. The SMILES string of the molecule is CCC(=O)NC.CCC=O. The molecule has 0 saturated carbocycles. The number of aldehydes is 1. The molecule has 0 aliphatic carbocycles. The molecule has 3 heteroatoms. The lowest BCUT2D eigenvalue weighted by Crippen LogP contribution is -2.15. The predicted octanol–water partition coefficient (Wildman–Crippen LogP) is 0.738. The summed E-state index contributed by atoms with van der Waals surface area (Å²) in [6, 6.07) is 0. The van der Waals surface area contributed by atoms with Crippen LogP contribution in [0.4, 0.5) is 0 Å². The Morgan fingerprint density at radius 3 is 1.90 bits per heavy atom. The molecule has 0 fully saturated rings. The van der Waals surface area contributed by atoms with Gasteiger partial charge in [0.1, 0.15) is 6.29 Å². The average molecular weight is 145 g/mol. The van der Waals surface area contributed by atoms with Crippen LogP contribution in [-0.4, -0.2) is 19.2 Å². The van der Waals surface area contributed by atoms with Gasteiger partial charge in [0.25, 0.3) is 0 Å². The molecule has 0 aromatic rings. The number of carbonyl (C=O) groups excluding carboxylic acids is 2. The van der Waals surface area contributed by atoms with E-state index < -0.39 is 0 Å². The van der Waals surface area contributed by atoms with Crippen molar-refractivity contribution in [3.8, 4) is 0 Å². The summed E-state index contributed by atoms with van der Waals surface area (Å²) in [5.41, 5.74) is 0. The van der Waals surface area contributed by atoms with Gasteiger partial charge in [0.15, 0.2) is 0 Å². The second-order valence-electron chi connectivity index (χ2n) is 1.60. The number of carbonyl (C=O) groups is 2. The molecule has 0 unspecified atom stereocenters. The fourth-order valence-electron chi connectivity index (χ4n) is 0.177. The molecule has 0 aliphatic rings. The van der Waals surface area contributed by atoms with Gasteiger partial charge in [0, 0.05) is 19.9 Å². The molecule has 0 atom stereocenters. The summed E-state index contributed by atoms with van der Waals surface area (Å²) in [6.45, 7) is 3.63. The van der Waals surface area contributed by atoms with E-state index >= 15 is 0 Å². The van der Waals surface area contributed by atoms with Gasteiger partial charge < -0.3 is 10.1 Å². The van der Waals surface area contributed by atoms with Crippen molar-refractivity contribution in [2.75, 3.05) is 7.05 Å². The molecular formula is C7H15NO2. The van der Waals surface area contributed by atoms with Gasteiger partial charge in [-0.15, -0.1) is 0 Å². The Bertz CT molecular complexity index is 85.6. The van der Waals surface area contributed by atoms with E-state index in [0.29, 0.717) is 12.8 Å². The third kappa shape index (κ3) is 15.7. The van der Waals surface area contributed by atoms with Gasteiger partial charge in [-0.1, -0.05) is 13.8 Å². The van der Waals surface area contributed by atoms with Gasteiger partial charge in [-0.2, -0.15) is 0 Å². The third-order valence-corrected chi connectivity index (χ3v) is 0.767. The Kier molecular flexibility index (Phi) is 13.1. The van der Waals surface area contributed by atoms with Crippen LogP contribution in [-0.2, 0) is 9.59 Å². The molecule has 60 valence electrons. The lowest BCUT2D eigenvalue weighted by molar-refractivity contribution is -0.120. The Balaban J connectivity index is 0. The molecule has 0 heterocycles. The molecule has 0 aromatic heterocycles. The van der Waals surface area contributed by atoms with Crippen LogP contribution in [0.5, 0.6) is 0 Å². The Morgan fingerprint density at radius 2 is 1.90 bits per heavy atom. The first-order valence-electron chi connectivity index (χ1n) is 3.37. The van der Waals surface area contributed by atoms with Crippen LogP contribution in [0, 0.1) is 0 Å². The lowest BCUT2D eigenvalue weighted by atomic mass is 10.5. The van der Waals surface area contributed by atoms with Crippen LogP contribution in [0.15, 0.2) is 0 Å². The lowest BCUT2D eigenvalue weighted by Gasteiger charge is -1.87. The van der Waals surface area contributed by atoms with Gasteiger partial charge in [-0.05, 0) is 0 Å². The van der Waals surface area contributed by atoms with E-state index in [1.165, 1.54) is 0 Å². The van der Waals surface area contributed by atoms with Crippen LogP contribution in [0.1, 0.15) is 26.7 Å². The molecule has 1 amide bonds. The van der Waals surface area contributed by atoms with Gasteiger partial charge in [-0.25, -0.2) is 0 Å². The van der Waals surface area contributed by atoms with E-state index in [-0.39, 0.29) is 5.91 Å². The monoisotopic (exact) mass is 145 g/mol. The van der Waals surface area contributed by atoms with Crippen LogP contribution in [0.25, 0.3) is 0 Å². The van der Waals surface area contributed by atoms with E-state index in [9.17, 15) is 9.59 Å². The molecule has 0 radical (unpaired) electrons. The van der Waals surface area contributed by atoms with Gasteiger partial charge in [-0.3, -0.25) is 4.79 Å². The minimum atomic E-state index is 0.0926. The maximum absolute atomic E-state index is 10.1. The highest BCUT2D eigenvalue weighted by atomic mass is 16.1. The second-order valence-corrected chi connectivity index (χ2v) is 1.60. The van der Waals surface area contributed by atoms with Crippen molar-refractivity contribution in [1.82, 2.24) is 5.32 Å². The molecule has 0 aliphatic heterocycles. The van der Waals surface area contributed by atoms with E-state index in [2.05, 4.69) is 5.32 Å². The number of nitrogens with one attached hydrogen (secondary N) is 1. The number of hydrogen-bond acceptors (Lipinski definition) is 2. The Hall–Kier alpha value is -0.860. The summed E-state index contributed by atoms with van der Waals surface area (Å²) < 4.78 is 0. The van der Waals surface area contributed by atoms with Crippen molar-refractivity contribution in [3.05, 3.63) is 0 Å². The minimum absolute atomic E-state index is 0.0926. The van der Waals surface area contributed by atoms with Gasteiger partial charge >= 0.3 is 0 Å². The van der Waals surface area contributed by atoms with Gasteiger partial charge in [0.05, 0.1) is 0 Å². The molecule has 0 rings (SSSR count). The van der Waals surface area contributed by atoms with Crippen molar-refractivity contribution in [1.29, 1.82) is 0 Å². The van der Waals surface area contributed by atoms with Crippen molar-refractivity contribution in [2.24, 2.45) is 0 Å². The topological polar surface area (TPSA) is 46.2 Å². The molecule has 3 nitrogen and oxygen atoms in total. The number of amides is 1. The van der Waals surface area contributed by atoms with E-state index in [4.69, 9.17) is 0 Å². The summed E-state index contributed by atoms with van der Waals surface area (Å²) in [6.07, 6.45) is 2.09. The zero-order valence-electron chi connectivity index (χ0n) is 6.81. The van der Waals surface area contributed by atoms with Crippen LogP contribution >= 0.6 is 0 Å². The third-order valence-electron chi connectivity index (χ3n) is 0.767. The van der Waals surface area contributed by atoms with Crippen LogP contribution in [0.2, 0.25) is 0 Å². The standard InChI is InChI=1S/C4H9NO.C3H6O/c1-3-4(6)5-2;1-2-3-4/h3H2,1-2H3,(H,5,6);3H,2H2,1H3. The molecule has 0 aromatic carbocycles. The predicted molar refractivity (Wildman–Crippen MR) is 40.7 cm³/mol. The summed E-state index contributed by atoms with van der Waals surface area (Å²) >= 11 is 0. The molecule has 0 bridgehead atoms. The van der Waals surface area contributed by atoms with Crippen LogP contribution < -0.4 is 5.32 Å². The fraction of sp³-hybridized carbons (Fsp3) is 0.714. The molecular weight excluding hydrogens is 130 g/mol. The molecule has 1 N–H and O–H groups in total. The van der Waals surface area contributed by atoms with Crippen molar-refractivity contribution in [2.45, 2.75) is 26.7 Å². The highest BCUT2D eigenvalue weighted by Gasteiger charge is 1.84. The maximum Gasteiger partial charge on any atom is 0.219 e. The van der Waals surface area contributed by atoms with E-state index in [0.717, 1.165) is 6.29 Å². The Morgan fingerprint density at radius 1 is 1.50 bits per heavy atom. The molecule has 0 spiro atoms. The summed E-state index contributed by atoms with van der Waals surface area (Å²) in [5.74, 6) is 0.0926. The quantitative estimate of drug-likeness (QED) is 0.582. The largest absolute Gasteiger partial charge is 0.359 e. The fourth-order valence-corrected chi connectivity index (χ4v) is 0.177. The van der Waals surface area contributed by atoms with Crippen molar-refractivity contribution < 1.29 is 9.59 Å². The summed E-state index contributed by atoms with van der Waals surface area (Å²) in [5, 5.41) is 2.48. The zero-order chi connectivity index (χ0) is 8.41. The number of hydrogen-bond donors (Lipinski definition) is 1. The van der Waals surface area contributed by atoms with Gasteiger partial charge in [0.2, 0.25) is 5.91 Å². The molecule has 10 heavy (non-hydrogen) atoms. The zero-order valence-corrected chi connectivity index (χ0v) is 6.81. The van der Waals surface area contributed by atoms with E-state index in [1.54, 1.807) is 7.05 Å². The van der Waals surface area contributed by atoms with Crippen molar-refractivity contribution in [3.63, 3.8) is 0 Å². The van der Waals surface area contributed by atoms with Crippen molar-refractivity contribution >= 4 is 12.2 Å². The normalized spacial score (nSPS) is 7.10.